The van der Waals surface area contributed by atoms with Gasteiger partial charge in [-0.15, -0.1) is 0 Å². The Kier molecular flexibility index (Phi) is 4.16. The summed E-state index contributed by atoms with van der Waals surface area (Å²) >= 11 is 3.37. The van der Waals surface area contributed by atoms with Crippen LogP contribution in [0, 0.1) is 6.92 Å². The van der Waals surface area contributed by atoms with Gasteiger partial charge in [-0.3, -0.25) is 4.79 Å². The number of aryl methyl sites for hydroxylation is 1. The third-order valence-electron chi connectivity index (χ3n) is 2.55. The summed E-state index contributed by atoms with van der Waals surface area (Å²) in [5.74, 6) is 0.591. The molecule has 0 aliphatic carbocycles. The first-order valence-corrected chi connectivity index (χ1v) is 6.52. The van der Waals surface area contributed by atoms with Gasteiger partial charge in [0.05, 0.1) is 5.71 Å². The molecule has 0 saturated carbocycles. The molecule has 1 aromatic heterocycles. The van der Waals surface area contributed by atoms with Gasteiger partial charge in [0.25, 0.3) is 0 Å². The van der Waals surface area contributed by atoms with Crippen molar-refractivity contribution in [2.45, 2.75) is 13.8 Å². The summed E-state index contributed by atoms with van der Waals surface area (Å²) in [6.45, 7) is 3.62. The number of hydrazone groups is 1. The molecule has 0 aliphatic heterocycles. The number of benzene rings is 1. The van der Waals surface area contributed by atoms with Crippen LogP contribution in [-0.2, 0) is 0 Å². The molecule has 1 N–H and O–H groups in total. The monoisotopic (exact) mass is 320 g/mol. The molecule has 0 atom stereocenters. The molecular formula is C14H13BrN2O2. The number of nitrogens with zero attached hydrogens (tertiary/aromatic N) is 1. The van der Waals surface area contributed by atoms with Crippen molar-refractivity contribution in [3.63, 3.8) is 0 Å². The van der Waals surface area contributed by atoms with Crippen molar-refractivity contribution in [1.82, 2.24) is 5.43 Å². The van der Waals surface area contributed by atoms with Crippen molar-refractivity contribution < 1.29 is 9.21 Å². The van der Waals surface area contributed by atoms with E-state index in [9.17, 15) is 4.79 Å². The molecule has 98 valence electrons. The Hall–Kier alpha value is -1.88. The lowest BCUT2D eigenvalue weighted by Crippen LogP contribution is -2.18. The van der Waals surface area contributed by atoms with Crippen LogP contribution >= 0.6 is 15.9 Å². The van der Waals surface area contributed by atoms with Gasteiger partial charge in [0.15, 0.2) is 5.76 Å². The zero-order chi connectivity index (χ0) is 13.8. The zero-order valence-electron chi connectivity index (χ0n) is 10.6. The van der Waals surface area contributed by atoms with Crippen LogP contribution < -0.4 is 5.43 Å². The van der Waals surface area contributed by atoms with E-state index in [0.717, 1.165) is 15.7 Å². The maximum atomic E-state index is 11.7. The summed E-state index contributed by atoms with van der Waals surface area (Å²) in [4.78, 5) is 11.7. The number of carbonyl (C=O) groups excluding carboxylic acids is 1. The second-order valence-corrected chi connectivity index (χ2v) is 4.97. The van der Waals surface area contributed by atoms with E-state index < -0.39 is 0 Å². The Morgan fingerprint density at radius 3 is 2.47 bits per heavy atom. The lowest BCUT2D eigenvalue weighted by Gasteiger charge is -2.01. The van der Waals surface area contributed by atoms with Crippen LogP contribution in [0.2, 0.25) is 0 Å². The highest BCUT2D eigenvalue weighted by Gasteiger charge is 2.08. The lowest BCUT2D eigenvalue weighted by molar-refractivity contribution is 0.0926. The van der Waals surface area contributed by atoms with E-state index in [1.165, 1.54) is 0 Å². The molecule has 2 aromatic rings. The molecule has 1 amide bonds. The third-order valence-corrected chi connectivity index (χ3v) is 3.08. The number of halogens is 1. The summed E-state index contributed by atoms with van der Waals surface area (Å²) in [7, 11) is 0. The molecule has 1 heterocycles. The van der Waals surface area contributed by atoms with Gasteiger partial charge >= 0.3 is 5.91 Å². The predicted octanol–water partition coefficient (Wildman–Crippen LogP) is 3.50. The fourth-order valence-electron chi connectivity index (χ4n) is 1.50. The van der Waals surface area contributed by atoms with E-state index >= 15 is 0 Å². The van der Waals surface area contributed by atoms with Gasteiger partial charge in [0.1, 0.15) is 5.76 Å². The number of nitrogens with one attached hydrogen (secondary N) is 1. The van der Waals surface area contributed by atoms with Crippen LogP contribution in [0.1, 0.15) is 28.8 Å². The maximum Gasteiger partial charge on any atom is 0.307 e. The van der Waals surface area contributed by atoms with Crippen molar-refractivity contribution in [2.24, 2.45) is 5.10 Å². The van der Waals surface area contributed by atoms with Gasteiger partial charge in [-0.25, -0.2) is 5.43 Å². The molecule has 0 saturated heterocycles. The molecule has 0 bridgehead atoms. The molecule has 0 aliphatic rings. The van der Waals surface area contributed by atoms with Crippen LogP contribution in [0.15, 0.2) is 50.4 Å². The Bertz CT molecular complexity index is 615. The number of carbonyl (C=O) groups is 1. The standard InChI is InChI=1S/C14H13BrN2O2/c1-9-3-8-13(19-9)14(18)17-16-10(2)11-4-6-12(15)7-5-11/h3-8H,1-2H3,(H,17,18). The van der Waals surface area contributed by atoms with Crippen molar-refractivity contribution >= 4 is 27.5 Å². The fourth-order valence-corrected chi connectivity index (χ4v) is 1.77. The molecule has 5 heteroatoms. The number of hydrogen-bond acceptors (Lipinski definition) is 3. The van der Waals surface area contributed by atoms with Crippen LogP contribution in [0.25, 0.3) is 0 Å². The summed E-state index contributed by atoms with van der Waals surface area (Å²) in [6, 6.07) is 11.0. The topological polar surface area (TPSA) is 54.6 Å². The predicted molar refractivity (Wildman–Crippen MR) is 77.3 cm³/mol. The van der Waals surface area contributed by atoms with Crippen LogP contribution in [0.3, 0.4) is 0 Å². The van der Waals surface area contributed by atoms with E-state index in [4.69, 9.17) is 4.42 Å². The van der Waals surface area contributed by atoms with Crippen molar-refractivity contribution in [3.8, 4) is 0 Å². The van der Waals surface area contributed by atoms with Gasteiger partial charge in [-0.1, -0.05) is 28.1 Å². The van der Waals surface area contributed by atoms with Gasteiger partial charge < -0.3 is 4.42 Å². The van der Waals surface area contributed by atoms with Crippen LogP contribution in [0.5, 0.6) is 0 Å². The van der Waals surface area contributed by atoms with E-state index in [1.54, 1.807) is 19.1 Å². The van der Waals surface area contributed by atoms with Crippen molar-refractivity contribution in [2.75, 3.05) is 0 Å². The van der Waals surface area contributed by atoms with E-state index in [0.29, 0.717) is 5.76 Å². The van der Waals surface area contributed by atoms with Gasteiger partial charge in [-0.2, -0.15) is 5.10 Å². The second-order valence-electron chi connectivity index (χ2n) is 4.06. The smallest absolute Gasteiger partial charge is 0.307 e. The molecule has 4 nitrogen and oxygen atoms in total. The molecule has 0 unspecified atom stereocenters. The van der Waals surface area contributed by atoms with Crippen molar-refractivity contribution in [1.29, 1.82) is 0 Å². The minimum atomic E-state index is -0.357. The molecule has 1 aromatic carbocycles. The molecular weight excluding hydrogens is 308 g/mol. The molecule has 0 fully saturated rings. The quantitative estimate of drug-likeness (QED) is 0.695. The Balaban J connectivity index is 2.06. The summed E-state index contributed by atoms with van der Waals surface area (Å²) < 4.78 is 6.21. The van der Waals surface area contributed by atoms with E-state index in [1.807, 2.05) is 31.2 Å². The highest BCUT2D eigenvalue weighted by Crippen LogP contribution is 2.11. The number of hydrogen-bond donors (Lipinski definition) is 1. The Labute approximate surface area is 119 Å². The average molecular weight is 321 g/mol. The first-order valence-electron chi connectivity index (χ1n) is 5.73. The van der Waals surface area contributed by atoms with Crippen molar-refractivity contribution in [3.05, 3.63) is 58.0 Å². The van der Waals surface area contributed by atoms with Crippen LogP contribution in [-0.4, -0.2) is 11.6 Å². The largest absolute Gasteiger partial charge is 0.456 e. The third kappa shape index (κ3) is 3.54. The first-order chi connectivity index (χ1) is 9.06. The fraction of sp³-hybridized carbons (Fsp3) is 0.143. The van der Waals surface area contributed by atoms with Gasteiger partial charge in [0.2, 0.25) is 0 Å². The Morgan fingerprint density at radius 1 is 1.21 bits per heavy atom. The second kappa shape index (κ2) is 5.84. The van der Waals surface area contributed by atoms with Crippen LogP contribution in [0.4, 0.5) is 0 Å². The molecule has 2 rings (SSSR count). The van der Waals surface area contributed by atoms with Gasteiger partial charge in [-0.05, 0) is 43.7 Å². The lowest BCUT2D eigenvalue weighted by atomic mass is 10.1. The normalized spacial score (nSPS) is 11.4. The minimum Gasteiger partial charge on any atom is -0.456 e. The molecule has 0 radical (unpaired) electrons. The summed E-state index contributed by atoms with van der Waals surface area (Å²) in [5, 5.41) is 4.05. The minimum absolute atomic E-state index is 0.254. The highest BCUT2D eigenvalue weighted by molar-refractivity contribution is 9.10. The number of amides is 1. The SMILES string of the molecule is CC(=NNC(=O)c1ccc(C)o1)c1ccc(Br)cc1. The average Bonchev–Trinajstić information content (AvgIpc) is 2.83. The molecule has 19 heavy (non-hydrogen) atoms. The van der Waals surface area contributed by atoms with E-state index in [-0.39, 0.29) is 11.7 Å². The highest BCUT2D eigenvalue weighted by atomic mass is 79.9. The van der Waals surface area contributed by atoms with E-state index in [2.05, 4.69) is 26.5 Å². The zero-order valence-corrected chi connectivity index (χ0v) is 12.2. The number of rotatable bonds is 3. The summed E-state index contributed by atoms with van der Waals surface area (Å²) in [5.41, 5.74) is 4.14. The Morgan fingerprint density at radius 2 is 1.89 bits per heavy atom. The number of furan rings is 1. The maximum absolute atomic E-state index is 11.7. The summed E-state index contributed by atoms with van der Waals surface area (Å²) in [6.07, 6.45) is 0. The van der Waals surface area contributed by atoms with Gasteiger partial charge in [0, 0.05) is 4.47 Å². The molecule has 0 spiro atoms. The first kappa shape index (κ1) is 13.5.